The predicted octanol–water partition coefficient (Wildman–Crippen LogP) is 6.19. The molecule has 1 N–H and O–H groups in total. The Balaban J connectivity index is 1.54. The van der Waals surface area contributed by atoms with Crippen molar-refractivity contribution >= 4 is 34.3 Å². The molecule has 1 heterocycles. The second-order valence-electron chi connectivity index (χ2n) is 6.54. The minimum atomic E-state index is -0.215. The summed E-state index contributed by atoms with van der Waals surface area (Å²) in [5, 5.41) is 3.55. The van der Waals surface area contributed by atoms with E-state index < -0.39 is 0 Å². The lowest BCUT2D eigenvalue weighted by atomic mass is 10.2. The van der Waals surface area contributed by atoms with Gasteiger partial charge in [0.1, 0.15) is 11.3 Å². The van der Waals surface area contributed by atoms with Gasteiger partial charge in [0.15, 0.2) is 5.58 Å². The minimum Gasteiger partial charge on any atom is -0.494 e. The Morgan fingerprint density at radius 2 is 1.93 bits per heavy atom. The molecule has 0 saturated heterocycles. The second-order valence-corrected chi connectivity index (χ2v) is 6.98. The first kappa shape index (κ1) is 19.0. The number of oxazole rings is 1. The van der Waals surface area contributed by atoms with Gasteiger partial charge in [-0.15, -0.1) is 0 Å². The van der Waals surface area contributed by atoms with E-state index in [0.29, 0.717) is 45.6 Å². The number of hydrogen-bond donors (Lipinski definition) is 1. The van der Waals surface area contributed by atoms with Crippen LogP contribution in [0.15, 0.2) is 71.1 Å². The summed E-state index contributed by atoms with van der Waals surface area (Å²) in [7, 11) is 0. The molecule has 0 aliphatic carbocycles. The molecule has 0 unspecified atom stereocenters. The number of nitrogens with zero attached hydrogens (tertiary/aromatic N) is 1. The van der Waals surface area contributed by atoms with Gasteiger partial charge in [-0.3, -0.25) is 4.79 Å². The standard InChI is InChI=1S/C23H19ClN2O3/c1-2-12-28-19-5-3-4-16(13-19)22(27)25-18-10-11-21-20(14-18)26-23(29-21)15-6-8-17(24)9-7-15/h3-11,13-14H,2,12H2,1H3,(H,25,27). The summed E-state index contributed by atoms with van der Waals surface area (Å²) in [4.78, 5) is 17.1. The van der Waals surface area contributed by atoms with Crippen molar-refractivity contribution in [1.82, 2.24) is 4.98 Å². The van der Waals surface area contributed by atoms with Gasteiger partial charge in [0.05, 0.1) is 6.61 Å². The molecule has 1 aromatic heterocycles. The first-order chi connectivity index (χ1) is 14.1. The molecule has 146 valence electrons. The van der Waals surface area contributed by atoms with Crippen molar-refractivity contribution in [2.75, 3.05) is 11.9 Å². The smallest absolute Gasteiger partial charge is 0.255 e. The number of rotatable bonds is 6. The molecule has 0 saturated carbocycles. The molecule has 0 aliphatic heterocycles. The van der Waals surface area contributed by atoms with Crippen LogP contribution in [-0.4, -0.2) is 17.5 Å². The zero-order valence-corrected chi connectivity index (χ0v) is 16.6. The number of halogens is 1. The monoisotopic (exact) mass is 406 g/mol. The number of ether oxygens (including phenoxy) is 1. The second kappa shape index (κ2) is 8.37. The predicted molar refractivity (Wildman–Crippen MR) is 115 cm³/mol. The van der Waals surface area contributed by atoms with Gasteiger partial charge in [-0.05, 0) is 67.1 Å². The highest BCUT2D eigenvalue weighted by molar-refractivity contribution is 6.30. The van der Waals surface area contributed by atoms with E-state index in [1.165, 1.54) is 0 Å². The molecular formula is C23H19ClN2O3. The van der Waals surface area contributed by atoms with Crippen LogP contribution in [0.2, 0.25) is 5.02 Å². The number of carbonyl (C=O) groups is 1. The molecule has 4 rings (SSSR count). The molecule has 5 nitrogen and oxygen atoms in total. The van der Waals surface area contributed by atoms with Crippen molar-refractivity contribution in [3.63, 3.8) is 0 Å². The maximum Gasteiger partial charge on any atom is 0.255 e. The fourth-order valence-electron chi connectivity index (χ4n) is 2.87. The van der Waals surface area contributed by atoms with Crippen molar-refractivity contribution in [2.24, 2.45) is 0 Å². The van der Waals surface area contributed by atoms with Gasteiger partial charge < -0.3 is 14.5 Å². The minimum absolute atomic E-state index is 0.215. The fourth-order valence-corrected chi connectivity index (χ4v) is 3.00. The number of hydrogen-bond acceptors (Lipinski definition) is 4. The van der Waals surface area contributed by atoms with Gasteiger partial charge in [-0.2, -0.15) is 0 Å². The van der Waals surface area contributed by atoms with Crippen molar-refractivity contribution in [2.45, 2.75) is 13.3 Å². The van der Waals surface area contributed by atoms with Crippen LogP contribution in [0.3, 0.4) is 0 Å². The van der Waals surface area contributed by atoms with E-state index >= 15 is 0 Å². The van der Waals surface area contributed by atoms with Crippen LogP contribution in [0.1, 0.15) is 23.7 Å². The van der Waals surface area contributed by atoms with E-state index in [1.54, 1.807) is 48.5 Å². The van der Waals surface area contributed by atoms with Gasteiger partial charge in [-0.1, -0.05) is 24.6 Å². The van der Waals surface area contributed by atoms with E-state index in [9.17, 15) is 4.79 Å². The van der Waals surface area contributed by atoms with Gasteiger partial charge in [0.25, 0.3) is 5.91 Å². The highest BCUT2D eigenvalue weighted by Crippen LogP contribution is 2.27. The fraction of sp³-hybridized carbons (Fsp3) is 0.130. The summed E-state index contributed by atoms with van der Waals surface area (Å²) in [6, 6.07) is 19.8. The number of fused-ring (bicyclic) bond motifs is 1. The molecule has 0 spiro atoms. The third-order valence-corrected chi connectivity index (χ3v) is 4.56. The topological polar surface area (TPSA) is 64.4 Å². The lowest BCUT2D eigenvalue weighted by molar-refractivity contribution is 0.102. The molecule has 29 heavy (non-hydrogen) atoms. The van der Waals surface area contributed by atoms with E-state index in [0.717, 1.165) is 12.0 Å². The van der Waals surface area contributed by atoms with Crippen molar-refractivity contribution in [3.8, 4) is 17.2 Å². The number of amides is 1. The molecular weight excluding hydrogens is 388 g/mol. The molecule has 4 aromatic rings. The summed E-state index contributed by atoms with van der Waals surface area (Å²) in [5.41, 5.74) is 3.30. The lowest BCUT2D eigenvalue weighted by Crippen LogP contribution is -2.12. The first-order valence-corrected chi connectivity index (χ1v) is 9.71. The molecule has 0 bridgehead atoms. The third kappa shape index (κ3) is 4.41. The van der Waals surface area contributed by atoms with E-state index in [4.69, 9.17) is 20.8 Å². The van der Waals surface area contributed by atoms with Gasteiger partial charge in [0.2, 0.25) is 5.89 Å². The number of carbonyl (C=O) groups excluding carboxylic acids is 1. The van der Waals surface area contributed by atoms with Crippen LogP contribution < -0.4 is 10.1 Å². The van der Waals surface area contributed by atoms with Gasteiger partial charge in [-0.25, -0.2) is 4.98 Å². The summed E-state index contributed by atoms with van der Waals surface area (Å²) in [6.45, 7) is 2.65. The van der Waals surface area contributed by atoms with Crippen LogP contribution in [0, 0.1) is 0 Å². The van der Waals surface area contributed by atoms with Crippen LogP contribution in [-0.2, 0) is 0 Å². The Morgan fingerprint density at radius 3 is 2.72 bits per heavy atom. The largest absolute Gasteiger partial charge is 0.494 e. The van der Waals surface area contributed by atoms with Gasteiger partial charge in [0, 0.05) is 21.8 Å². The molecule has 0 fully saturated rings. The van der Waals surface area contributed by atoms with Crippen molar-refractivity contribution < 1.29 is 13.9 Å². The summed E-state index contributed by atoms with van der Waals surface area (Å²) >= 11 is 5.93. The molecule has 0 aliphatic rings. The van der Waals surface area contributed by atoms with Crippen molar-refractivity contribution in [3.05, 3.63) is 77.3 Å². The zero-order chi connectivity index (χ0) is 20.2. The third-order valence-electron chi connectivity index (χ3n) is 4.31. The van der Waals surface area contributed by atoms with Crippen LogP contribution >= 0.6 is 11.6 Å². The average Bonchev–Trinajstić information content (AvgIpc) is 3.16. The average molecular weight is 407 g/mol. The number of benzene rings is 3. The first-order valence-electron chi connectivity index (χ1n) is 9.33. The highest BCUT2D eigenvalue weighted by atomic mass is 35.5. The molecule has 1 amide bonds. The lowest BCUT2D eigenvalue weighted by Gasteiger charge is -2.08. The number of nitrogens with one attached hydrogen (secondary N) is 1. The quantitative estimate of drug-likeness (QED) is 0.414. The maximum atomic E-state index is 12.6. The SMILES string of the molecule is CCCOc1cccc(C(=O)Nc2ccc3oc(-c4ccc(Cl)cc4)nc3c2)c1. The summed E-state index contributed by atoms with van der Waals surface area (Å²) in [6.07, 6.45) is 0.909. The van der Waals surface area contributed by atoms with Crippen LogP contribution in [0.25, 0.3) is 22.6 Å². The Hall–Kier alpha value is -3.31. The van der Waals surface area contributed by atoms with Crippen molar-refractivity contribution in [1.29, 1.82) is 0 Å². The Bertz CT molecular complexity index is 1150. The van der Waals surface area contributed by atoms with E-state index in [2.05, 4.69) is 10.3 Å². The van der Waals surface area contributed by atoms with Crippen LogP contribution in [0.5, 0.6) is 5.75 Å². The summed E-state index contributed by atoms with van der Waals surface area (Å²) in [5.74, 6) is 0.965. The number of aromatic nitrogens is 1. The van der Waals surface area contributed by atoms with Gasteiger partial charge >= 0.3 is 0 Å². The van der Waals surface area contributed by atoms with Crippen LogP contribution in [0.4, 0.5) is 5.69 Å². The zero-order valence-electron chi connectivity index (χ0n) is 15.8. The highest BCUT2D eigenvalue weighted by Gasteiger charge is 2.11. The normalized spacial score (nSPS) is 10.8. The Labute approximate surface area is 173 Å². The molecule has 0 radical (unpaired) electrons. The van der Waals surface area contributed by atoms with E-state index in [1.807, 2.05) is 25.1 Å². The number of anilines is 1. The molecule has 3 aromatic carbocycles. The molecule has 6 heteroatoms. The molecule has 0 atom stereocenters. The Morgan fingerprint density at radius 1 is 1.10 bits per heavy atom. The Kier molecular flexibility index (Phi) is 5.49. The maximum absolute atomic E-state index is 12.6. The van der Waals surface area contributed by atoms with E-state index in [-0.39, 0.29) is 5.91 Å². The summed E-state index contributed by atoms with van der Waals surface area (Å²) < 4.78 is 11.4.